The third-order valence-electron chi connectivity index (χ3n) is 5.00. The van der Waals surface area contributed by atoms with Crippen molar-refractivity contribution in [3.8, 4) is 0 Å². The number of ether oxygens (including phenoxy) is 2. The summed E-state index contributed by atoms with van der Waals surface area (Å²) in [5.74, 6) is -1.31. The molecule has 1 aromatic heterocycles. The van der Waals surface area contributed by atoms with Crippen LogP contribution < -0.4 is 0 Å². The Balaban J connectivity index is 2.00. The molecule has 0 N–H and O–H groups in total. The van der Waals surface area contributed by atoms with Gasteiger partial charge in [0.25, 0.3) is 0 Å². The molecule has 0 radical (unpaired) electrons. The predicted octanol–water partition coefficient (Wildman–Crippen LogP) is 4.46. The number of hydrogen-bond donors (Lipinski definition) is 0. The minimum atomic E-state index is -0.606. The summed E-state index contributed by atoms with van der Waals surface area (Å²) in [6, 6.07) is 10.2. The Morgan fingerprint density at radius 2 is 1.97 bits per heavy atom. The van der Waals surface area contributed by atoms with Gasteiger partial charge in [-0.3, -0.25) is 4.79 Å². The number of carbonyl (C=O) groups excluding carboxylic acids is 3. The molecule has 1 aliphatic rings. The predicted molar refractivity (Wildman–Crippen MR) is 113 cm³/mol. The highest BCUT2D eigenvalue weighted by atomic mass is 35.5. The molecule has 0 aliphatic carbocycles. The number of esters is 2. The molecule has 1 unspecified atom stereocenters. The van der Waals surface area contributed by atoms with E-state index in [1.54, 1.807) is 45.0 Å². The Morgan fingerprint density at radius 3 is 2.61 bits per heavy atom. The van der Waals surface area contributed by atoms with Gasteiger partial charge in [0.15, 0.2) is 0 Å². The molecule has 0 saturated heterocycles. The van der Waals surface area contributed by atoms with E-state index >= 15 is 0 Å². The Morgan fingerprint density at radius 1 is 1.23 bits per heavy atom. The van der Waals surface area contributed by atoms with Crippen molar-refractivity contribution in [1.82, 2.24) is 4.90 Å². The number of benzene rings is 1. The highest BCUT2D eigenvalue weighted by Gasteiger charge is 2.37. The van der Waals surface area contributed by atoms with Gasteiger partial charge in [0.2, 0.25) is 11.7 Å². The van der Waals surface area contributed by atoms with Gasteiger partial charge in [-0.2, -0.15) is 0 Å². The van der Waals surface area contributed by atoms with Crippen LogP contribution in [0.5, 0.6) is 0 Å². The quantitative estimate of drug-likeness (QED) is 0.610. The van der Waals surface area contributed by atoms with Crippen LogP contribution in [0.3, 0.4) is 0 Å². The van der Waals surface area contributed by atoms with Crippen LogP contribution in [0.4, 0.5) is 0 Å². The van der Waals surface area contributed by atoms with Gasteiger partial charge in [-0.15, -0.1) is 0 Å². The topological polar surface area (TPSA) is 86.0 Å². The summed E-state index contributed by atoms with van der Waals surface area (Å²) in [7, 11) is 1.26. The number of methoxy groups -OCH3 is 1. The maximum atomic E-state index is 13.0. The molecule has 2 heterocycles. The van der Waals surface area contributed by atoms with Crippen molar-refractivity contribution in [2.45, 2.75) is 45.8 Å². The molecule has 31 heavy (non-hydrogen) atoms. The molecule has 1 amide bonds. The highest BCUT2D eigenvalue weighted by Crippen LogP contribution is 2.38. The maximum absolute atomic E-state index is 13.0. The Hall–Kier alpha value is -3.06. The van der Waals surface area contributed by atoms with Crippen molar-refractivity contribution < 1.29 is 28.3 Å². The van der Waals surface area contributed by atoms with Crippen molar-refractivity contribution in [1.29, 1.82) is 0 Å². The van der Waals surface area contributed by atoms with Crippen LogP contribution in [-0.2, 0) is 25.6 Å². The number of carbonyl (C=O) groups is 3. The first-order chi connectivity index (χ1) is 14.7. The van der Waals surface area contributed by atoms with E-state index in [0.717, 1.165) is 5.56 Å². The fourth-order valence-corrected chi connectivity index (χ4v) is 3.78. The molecule has 7 nitrogen and oxygen atoms in total. The zero-order valence-electron chi connectivity index (χ0n) is 17.8. The van der Waals surface area contributed by atoms with E-state index < -0.39 is 17.9 Å². The van der Waals surface area contributed by atoms with Crippen LogP contribution >= 0.6 is 11.6 Å². The standard InChI is InChI=1S/C23H24ClNO6/c1-13(2)30-23(28)21-14(3)25(12-17-8-9-19(31-17)22(27)29-4)20(26)11-18(21)15-6-5-7-16(24)10-15/h5-10,13,18H,11-12H2,1-4H3. The van der Waals surface area contributed by atoms with E-state index in [-0.39, 0.29) is 30.7 Å². The first-order valence-corrected chi connectivity index (χ1v) is 10.2. The molecule has 3 rings (SSSR count). The zero-order chi connectivity index (χ0) is 22.7. The summed E-state index contributed by atoms with van der Waals surface area (Å²) in [6.07, 6.45) is -0.239. The number of furan rings is 1. The molecule has 0 spiro atoms. The van der Waals surface area contributed by atoms with Gasteiger partial charge < -0.3 is 18.8 Å². The van der Waals surface area contributed by atoms with Crippen LogP contribution in [0.1, 0.15) is 55.0 Å². The second-order valence-corrected chi connectivity index (χ2v) is 7.94. The van der Waals surface area contributed by atoms with Gasteiger partial charge in [-0.25, -0.2) is 9.59 Å². The van der Waals surface area contributed by atoms with Crippen LogP contribution in [0.15, 0.2) is 52.1 Å². The molecular formula is C23H24ClNO6. The number of allylic oxidation sites excluding steroid dienone is 1. The summed E-state index contributed by atoms with van der Waals surface area (Å²) < 4.78 is 15.6. The van der Waals surface area contributed by atoms with Gasteiger partial charge in [-0.1, -0.05) is 23.7 Å². The summed E-state index contributed by atoms with van der Waals surface area (Å²) in [4.78, 5) is 39.1. The van der Waals surface area contributed by atoms with Crippen molar-refractivity contribution in [3.63, 3.8) is 0 Å². The van der Waals surface area contributed by atoms with Crippen LogP contribution in [0, 0.1) is 0 Å². The molecule has 1 aromatic carbocycles. The van der Waals surface area contributed by atoms with E-state index in [1.807, 2.05) is 6.07 Å². The molecule has 2 aromatic rings. The van der Waals surface area contributed by atoms with E-state index in [4.69, 9.17) is 20.8 Å². The molecule has 0 saturated carbocycles. The molecule has 1 atom stereocenters. The molecule has 1 aliphatic heterocycles. The van der Waals surface area contributed by atoms with Crippen molar-refractivity contribution >= 4 is 29.4 Å². The molecule has 0 fully saturated rings. The average Bonchev–Trinajstić information content (AvgIpc) is 3.18. The van der Waals surface area contributed by atoms with Crippen molar-refractivity contribution in [3.05, 3.63) is 69.8 Å². The minimum absolute atomic E-state index is 0.0415. The lowest BCUT2D eigenvalue weighted by Gasteiger charge is -2.34. The second-order valence-electron chi connectivity index (χ2n) is 7.50. The maximum Gasteiger partial charge on any atom is 0.373 e. The minimum Gasteiger partial charge on any atom is -0.463 e. The number of nitrogens with zero attached hydrogens (tertiary/aromatic N) is 1. The summed E-state index contributed by atoms with van der Waals surface area (Å²) >= 11 is 6.15. The van der Waals surface area contributed by atoms with E-state index in [1.165, 1.54) is 18.1 Å². The van der Waals surface area contributed by atoms with Gasteiger partial charge in [0, 0.05) is 23.1 Å². The lowest BCUT2D eigenvalue weighted by Crippen LogP contribution is -2.38. The van der Waals surface area contributed by atoms with E-state index in [0.29, 0.717) is 22.1 Å². The number of hydrogen-bond acceptors (Lipinski definition) is 6. The van der Waals surface area contributed by atoms with Crippen LogP contribution in [0.25, 0.3) is 0 Å². The smallest absolute Gasteiger partial charge is 0.373 e. The van der Waals surface area contributed by atoms with Gasteiger partial charge in [0.05, 0.1) is 25.3 Å². The molecule has 8 heteroatoms. The van der Waals surface area contributed by atoms with Crippen molar-refractivity contribution in [2.75, 3.05) is 7.11 Å². The normalized spacial score (nSPS) is 16.6. The number of rotatable bonds is 6. The Kier molecular flexibility index (Phi) is 6.85. The molecular weight excluding hydrogens is 422 g/mol. The summed E-state index contributed by atoms with van der Waals surface area (Å²) in [6.45, 7) is 5.31. The third kappa shape index (κ3) is 4.99. The zero-order valence-corrected chi connectivity index (χ0v) is 18.6. The SMILES string of the molecule is COC(=O)c1ccc(CN2C(=O)CC(c3cccc(Cl)c3)C(C(=O)OC(C)C)=C2C)o1. The lowest BCUT2D eigenvalue weighted by molar-refractivity contribution is -0.144. The van der Waals surface area contributed by atoms with E-state index in [9.17, 15) is 14.4 Å². The second kappa shape index (κ2) is 9.39. The average molecular weight is 446 g/mol. The number of halogens is 1. The first-order valence-electron chi connectivity index (χ1n) is 9.85. The molecule has 164 valence electrons. The first kappa shape index (κ1) is 22.6. The van der Waals surface area contributed by atoms with Crippen molar-refractivity contribution in [2.24, 2.45) is 0 Å². The van der Waals surface area contributed by atoms with Crippen LogP contribution in [-0.4, -0.2) is 36.0 Å². The fraction of sp³-hybridized carbons (Fsp3) is 0.348. The summed E-state index contributed by atoms with van der Waals surface area (Å²) in [5, 5.41) is 0.521. The highest BCUT2D eigenvalue weighted by molar-refractivity contribution is 6.30. The van der Waals surface area contributed by atoms with Gasteiger partial charge in [0.1, 0.15) is 5.76 Å². The van der Waals surface area contributed by atoms with E-state index in [2.05, 4.69) is 4.74 Å². The summed E-state index contributed by atoms with van der Waals surface area (Å²) in [5.41, 5.74) is 1.64. The van der Waals surface area contributed by atoms with Crippen LogP contribution in [0.2, 0.25) is 5.02 Å². The Bertz CT molecular complexity index is 1040. The fourth-order valence-electron chi connectivity index (χ4n) is 3.58. The number of amides is 1. The largest absolute Gasteiger partial charge is 0.463 e. The van der Waals surface area contributed by atoms with Gasteiger partial charge >= 0.3 is 11.9 Å². The Labute approximate surface area is 185 Å². The third-order valence-corrected chi connectivity index (χ3v) is 5.23. The monoisotopic (exact) mass is 445 g/mol. The van der Waals surface area contributed by atoms with Gasteiger partial charge in [-0.05, 0) is 50.6 Å². The molecule has 0 bridgehead atoms. The lowest BCUT2D eigenvalue weighted by atomic mass is 9.83.